The van der Waals surface area contributed by atoms with Crippen molar-refractivity contribution in [3.63, 3.8) is 0 Å². The van der Waals surface area contributed by atoms with E-state index in [1.807, 2.05) is 17.0 Å². The summed E-state index contributed by atoms with van der Waals surface area (Å²) in [6.07, 6.45) is 3.77. The van der Waals surface area contributed by atoms with Gasteiger partial charge in [0, 0.05) is 38.8 Å². The van der Waals surface area contributed by atoms with Gasteiger partial charge in [0.15, 0.2) is 0 Å². The molecular weight excluding hydrogens is 312 g/mol. The average molecular weight is 345 g/mol. The van der Waals surface area contributed by atoms with Gasteiger partial charge in [0.1, 0.15) is 0 Å². The molecule has 3 rings (SSSR count). The molecule has 0 saturated carbocycles. The molecule has 1 N–H and O–H groups in total. The monoisotopic (exact) mass is 344 g/mol. The Kier molecular flexibility index (Phi) is 5.84. The van der Waals surface area contributed by atoms with Crippen LogP contribution in [0.1, 0.15) is 33.1 Å². The summed E-state index contributed by atoms with van der Waals surface area (Å²) in [5.41, 5.74) is 2.10. The second kappa shape index (κ2) is 8.09. The Morgan fingerprint density at radius 1 is 1.08 bits per heavy atom. The van der Waals surface area contributed by atoms with Crippen molar-refractivity contribution in [2.75, 3.05) is 50.0 Å². The van der Waals surface area contributed by atoms with E-state index < -0.39 is 0 Å². The smallest absolute Gasteiger partial charge is 0.322 e. The molecule has 2 aliphatic rings. The zero-order chi connectivity index (χ0) is 17.8. The second-order valence-electron chi connectivity index (χ2n) is 7.76. The van der Waals surface area contributed by atoms with Crippen LogP contribution in [0.15, 0.2) is 24.3 Å². The predicted molar refractivity (Wildman–Crippen MR) is 104 cm³/mol. The number of likely N-dealkylation sites (N-methyl/N-ethyl adjacent to an activating group) is 1. The third kappa shape index (κ3) is 4.27. The summed E-state index contributed by atoms with van der Waals surface area (Å²) in [4.78, 5) is 19.7. The van der Waals surface area contributed by atoms with Crippen molar-refractivity contribution in [2.24, 2.45) is 5.92 Å². The number of urea groups is 1. The van der Waals surface area contributed by atoms with Crippen LogP contribution in [-0.4, -0.2) is 61.6 Å². The molecule has 2 heterocycles. The van der Waals surface area contributed by atoms with Gasteiger partial charge in [0.25, 0.3) is 0 Å². The lowest BCUT2D eigenvalue weighted by molar-refractivity contribution is 0.0922. The Morgan fingerprint density at radius 2 is 1.80 bits per heavy atom. The van der Waals surface area contributed by atoms with Crippen LogP contribution in [0.4, 0.5) is 16.2 Å². The summed E-state index contributed by atoms with van der Waals surface area (Å²) in [6.45, 7) is 9.23. The number of hydrogen-bond acceptors (Lipinski definition) is 3. The number of anilines is 2. The highest BCUT2D eigenvalue weighted by molar-refractivity contribution is 5.93. The van der Waals surface area contributed by atoms with Crippen molar-refractivity contribution in [1.29, 1.82) is 0 Å². The minimum absolute atomic E-state index is 0.0382. The van der Waals surface area contributed by atoms with Gasteiger partial charge in [-0.25, -0.2) is 4.79 Å². The minimum atomic E-state index is 0.0382. The molecule has 1 aromatic carbocycles. The number of nitrogens with zero attached hydrogens (tertiary/aromatic N) is 3. The Bertz CT molecular complexity index is 583. The van der Waals surface area contributed by atoms with Gasteiger partial charge in [-0.15, -0.1) is 0 Å². The van der Waals surface area contributed by atoms with E-state index in [0.29, 0.717) is 5.92 Å². The maximum atomic E-state index is 13.0. The summed E-state index contributed by atoms with van der Waals surface area (Å²) in [6, 6.07) is 8.53. The van der Waals surface area contributed by atoms with Crippen molar-refractivity contribution in [2.45, 2.75) is 39.2 Å². The first kappa shape index (κ1) is 18.1. The number of hydrogen-bond donors (Lipinski definition) is 1. The van der Waals surface area contributed by atoms with Crippen molar-refractivity contribution < 1.29 is 4.79 Å². The molecule has 1 atom stereocenters. The topological polar surface area (TPSA) is 38.8 Å². The SMILES string of the molecule is CC(C)[C@H]1CN(C)CCN1C(=O)Nc1ccccc1N1CCCCC1. The molecule has 0 spiro atoms. The Balaban J connectivity index is 1.74. The molecule has 2 aliphatic heterocycles. The number of amides is 2. The van der Waals surface area contributed by atoms with E-state index in [-0.39, 0.29) is 12.1 Å². The number of piperidine rings is 1. The number of benzene rings is 1. The lowest BCUT2D eigenvalue weighted by Crippen LogP contribution is -2.57. The number of carbonyl (C=O) groups is 1. The van der Waals surface area contributed by atoms with Crippen LogP contribution < -0.4 is 10.2 Å². The van der Waals surface area contributed by atoms with Crippen LogP contribution in [-0.2, 0) is 0 Å². The molecule has 0 bridgehead atoms. The van der Waals surface area contributed by atoms with Gasteiger partial charge in [-0.1, -0.05) is 26.0 Å². The fraction of sp³-hybridized carbons (Fsp3) is 0.650. The van der Waals surface area contributed by atoms with E-state index in [9.17, 15) is 4.79 Å². The van der Waals surface area contributed by atoms with Gasteiger partial charge >= 0.3 is 6.03 Å². The molecule has 138 valence electrons. The number of para-hydroxylation sites is 2. The van der Waals surface area contributed by atoms with Gasteiger partial charge in [0.05, 0.1) is 11.4 Å². The van der Waals surface area contributed by atoms with Gasteiger partial charge < -0.3 is 20.0 Å². The molecule has 25 heavy (non-hydrogen) atoms. The highest BCUT2D eigenvalue weighted by Gasteiger charge is 2.31. The first-order chi connectivity index (χ1) is 12.1. The molecule has 2 saturated heterocycles. The van der Waals surface area contributed by atoms with Crippen molar-refractivity contribution >= 4 is 17.4 Å². The second-order valence-corrected chi connectivity index (χ2v) is 7.76. The summed E-state index contributed by atoms with van der Waals surface area (Å²) < 4.78 is 0. The van der Waals surface area contributed by atoms with Crippen LogP contribution in [0.25, 0.3) is 0 Å². The molecule has 0 unspecified atom stereocenters. The van der Waals surface area contributed by atoms with Crippen molar-refractivity contribution in [3.05, 3.63) is 24.3 Å². The van der Waals surface area contributed by atoms with Crippen LogP contribution >= 0.6 is 0 Å². The normalized spacial score (nSPS) is 22.3. The minimum Gasteiger partial charge on any atom is -0.370 e. The molecule has 5 nitrogen and oxygen atoms in total. The zero-order valence-electron chi connectivity index (χ0n) is 15.9. The molecule has 0 aliphatic carbocycles. The molecule has 2 amide bonds. The Hall–Kier alpha value is -1.75. The number of rotatable bonds is 3. The van der Waals surface area contributed by atoms with E-state index >= 15 is 0 Å². The van der Waals surface area contributed by atoms with E-state index in [4.69, 9.17) is 0 Å². The largest absolute Gasteiger partial charge is 0.370 e. The van der Waals surface area contributed by atoms with Crippen molar-refractivity contribution in [3.8, 4) is 0 Å². The van der Waals surface area contributed by atoms with Gasteiger partial charge in [-0.2, -0.15) is 0 Å². The quantitative estimate of drug-likeness (QED) is 0.912. The third-order valence-corrected chi connectivity index (χ3v) is 5.49. The molecule has 2 fully saturated rings. The maximum Gasteiger partial charge on any atom is 0.322 e. The number of piperazine rings is 1. The van der Waals surface area contributed by atoms with Crippen molar-refractivity contribution in [1.82, 2.24) is 9.80 Å². The van der Waals surface area contributed by atoms with Gasteiger partial charge in [-0.3, -0.25) is 0 Å². The highest BCUT2D eigenvalue weighted by Crippen LogP contribution is 2.29. The Labute approximate surface area is 152 Å². The third-order valence-electron chi connectivity index (χ3n) is 5.49. The van der Waals surface area contributed by atoms with Gasteiger partial charge in [-0.05, 0) is 44.4 Å². The van der Waals surface area contributed by atoms with E-state index in [1.54, 1.807) is 0 Å². The van der Waals surface area contributed by atoms with E-state index in [1.165, 1.54) is 19.3 Å². The predicted octanol–water partition coefficient (Wildman–Crippen LogP) is 3.48. The van der Waals surface area contributed by atoms with E-state index in [0.717, 1.165) is 44.1 Å². The molecule has 5 heteroatoms. The molecule has 1 aromatic rings. The molecule has 0 aromatic heterocycles. The first-order valence-corrected chi connectivity index (χ1v) is 9.66. The number of nitrogens with one attached hydrogen (secondary N) is 1. The molecular formula is C20H32N4O. The standard InChI is InChI=1S/C20H32N4O/c1-16(2)19-15-22(3)13-14-24(19)20(25)21-17-9-5-6-10-18(17)23-11-7-4-8-12-23/h5-6,9-10,16,19H,4,7-8,11-15H2,1-3H3,(H,21,25)/t19-/m1/s1. The van der Waals surface area contributed by atoms with Crippen LogP contribution in [0.5, 0.6) is 0 Å². The summed E-state index contributed by atoms with van der Waals surface area (Å²) in [5, 5.41) is 3.20. The lowest BCUT2D eigenvalue weighted by Gasteiger charge is -2.42. The highest BCUT2D eigenvalue weighted by atomic mass is 16.2. The maximum absolute atomic E-state index is 13.0. The van der Waals surface area contributed by atoms with Gasteiger partial charge in [0.2, 0.25) is 0 Å². The lowest BCUT2D eigenvalue weighted by atomic mass is 10.0. The fourth-order valence-electron chi connectivity index (χ4n) is 3.95. The van der Waals surface area contributed by atoms with Crippen LogP contribution in [0.3, 0.4) is 0 Å². The molecule has 0 radical (unpaired) electrons. The Morgan fingerprint density at radius 3 is 2.52 bits per heavy atom. The summed E-state index contributed by atoms with van der Waals surface area (Å²) >= 11 is 0. The van der Waals surface area contributed by atoms with Crippen LogP contribution in [0.2, 0.25) is 0 Å². The average Bonchev–Trinajstić information content (AvgIpc) is 2.62. The fourth-order valence-corrected chi connectivity index (χ4v) is 3.95. The number of carbonyl (C=O) groups excluding carboxylic acids is 1. The van der Waals surface area contributed by atoms with E-state index in [2.05, 4.69) is 48.1 Å². The summed E-state index contributed by atoms with van der Waals surface area (Å²) in [7, 11) is 2.14. The first-order valence-electron chi connectivity index (χ1n) is 9.66. The van der Waals surface area contributed by atoms with Crippen LogP contribution in [0, 0.1) is 5.92 Å². The zero-order valence-corrected chi connectivity index (χ0v) is 15.9. The summed E-state index contributed by atoms with van der Waals surface area (Å²) in [5.74, 6) is 0.450.